The standard InChI is InChI=1S/C16H17BrClN/c1-12-4-3-5-14(8-12)11-19(2)16-7-6-13(10-17)9-15(16)18/h3-9H,10-11H2,1-2H3. The summed E-state index contributed by atoms with van der Waals surface area (Å²) in [6.45, 7) is 2.97. The Morgan fingerprint density at radius 3 is 2.53 bits per heavy atom. The third-order valence-electron chi connectivity index (χ3n) is 3.08. The highest BCUT2D eigenvalue weighted by molar-refractivity contribution is 9.08. The van der Waals surface area contributed by atoms with E-state index in [1.807, 2.05) is 6.07 Å². The van der Waals surface area contributed by atoms with Gasteiger partial charge in [-0.15, -0.1) is 0 Å². The Morgan fingerprint density at radius 2 is 1.89 bits per heavy atom. The van der Waals surface area contributed by atoms with Crippen molar-refractivity contribution in [2.45, 2.75) is 18.8 Å². The summed E-state index contributed by atoms with van der Waals surface area (Å²) in [5.74, 6) is 0. The van der Waals surface area contributed by atoms with Crippen molar-refractivity contribution in [2.24, 2.45) is 0 Å². The van der Waals surface area contributed by atoms with Crippen LogP contribution in [0.3, 0.4) is 0 Å². The zero-order chi connectivity index (χ0) is 13.8. The largest absolute Gasteiger partial charge is 0.369 e. The van der Waals surface area contributed by atoms with E-state index in [0.717, 1.165) is 22.6 Å². The van der Waals surface area contributed by atoms with Crippen LogP contribution in [0.2, 0.25) is 5.02 Å². The zero-order valence-corrected chi connectivity index (χ0v) is 13.5. The predicted octanol–water partition coefficient (Wildman–Crippen LogP) is 5.18. The highest BCUT2D eigenvalue weighted by atomic mass is 79.9. The lowest BCUT2D eigenvalue weighted by Gasteiger charge is -2.21. The summed E-state index contributed by atoms with van der Waals surface area (Å²) in [5.41, 5.74) is 4.83. The minimum Gasteiger partial charge on any atom is -0.369 e. The monoisotopic (exact) mass is 337 g/mol. The Kier molecular flexibility index (Phi) is 4.89. The van der Waals surface area contributed by atoms with Gasteiger partial charge in [0.25, 0.3) is 0 Å². The van der Waals surface area contributed by atoms with Crippen LogP contribution in [-0.4, -0.2) is 7.05 Å². The second kappa shape index (κ2) is 6.44. The van der Waals surface area contributed by atoms with Crippen LogP contribution in [0.1, 0.15) is 16.7 Å². The van der Waals surface area contributed by atoms with Gasteiger partial charge >= 0.3 is 0 Å². The molecule has 2 aromatic carbocycles. The molecule has 0 fully saturated rings. The minimum absolute atomic E-state index is 0.798. The topological polar surface area (TPSA) is 3.24 Å². The van der Waals surface area contributed by atoms with Crippen LogP contribution in [0.25, 0.3) is 0 Å². The van der Waals surface area contributed by atoms with E-state index in [2.05, 4.69) is 71.2 Å². The summed E-state index contributed by atoms with van der Waals surface area (Å²) < 4.78 is 0. The molecular weight excluding hydrogens is 322 g/mol. The average Bonchev–Trinajstić information content (AvgIpc) is 2.38. The summed E-state index contributed by atoms with van der Waals surface area (Å²) in [5, 5.41) is 1.63. The average molecular weight is 339 g/mol. The Balaban J connectivity index is 2.18. The predicted molar refractivity (Wildman–Crippen MR) is 87.4 cm³/mol. The van der Waals surface area contributed by atoms with Gasteiger partial charge in [0.1, 0.15) is 0 Å². The van der Waals surface area contributed by atoms with Crippen molar-refractivity contribution in [3.63, 3.8) is 0 Å². The number of benzene rings is 2. The van der Waals surface area contributed by atoms with Gasteiger partial charge in [-0.1, -0.05) is 63.4 Å². The van der Waals surface area contributed by atoms with Crippen LogP contribution in [0.4, 0.5) is 5.69 Å². The summed E-state index contributed by atoms with van der Waals surface area (Å²) in [4.78, 5) is 2.18. The van der Waals surface area contributed by atoms with E-state index < -0.39 is 0 Å². The lowest BCUT2D eigenvalue weighted by molar-refractivity contribution is 0.921. The fraction of sp³-hybridized carbons (Fsp3) is 0.250. The second-order valence-electron chi connectivity index (χ2n) is 4.76. The fourth-order valence-electron chi connectivity index (χ4n) is 2.11. The third kappa shape index (κ3) is 3.74. The molecule has 0 aliphatic carbocycles. The number of nitrogens with zero attached hydrogens (tertiary/aromatic N) is 1. The Bertz CT molecular complexity index is 568. The first kappa shape index (κ1) is 14.4. The molecule has 2 aromatic rings. The Labute approximate surface area is 128 Å². The van der Waals surface area contributed by atoms with E-state index >= 15 is 0 Å². The Morgan fingerprint density at radius 1 is 1.11 bits per heavy atom. The molecule has 0 saturated heterocycles. The van der Waals surface area contributed by atoms with Crippen molar-refractivity contribution >= 4 is 33.2 Å². The first-order chi connectivity index (χ1) is 9.10. The Hall–Kier alpha value is -0.990. The summed E-state index contributed by atoms with van der Waals surface area (Å²) in [7, 11) is 2.07. The molecule has 0 aliphatic rings. The quantitative estimate of drug-likeness (QED) is 0.694. The molecule has 100 valence electrons. The highest BCUT2D eigenvalue weighted by Crippen LogP contribution is 2.28. The van der Waals surface area contributed by atoms with Crippen molar-refractivity contribution in [1.82, 2.24) is 0 Å². The molecule has 0 heterocycles. The van der Waals surface area contributed by atoms with Gasteiger partial charge < -0.3 is 4.90 Å². The molecule has 0 unspecified atom stereocenters. The van der Waals surface area contributed by atoms with Crippen LogP contribution in [0.15, 0.2) is 42.5 Å². The lowest BCUT2D eigenvalue weighted by Crippen LogP contribution is -2.16. The molecule has 2 rings (SSSR count). The number of anilines is 1. The number of alkyl halides is 1. The molecule has 19 heavy (non-hydrogen) atoms. The highest BCUT2D eigenvalue weighted by Gasteiger charge is 2.07. The fourth-order valence-corrected chi connectivity index (χ4v) is 2.81. The number of aryl methyl sites for hydroxylation is 1. The van der Waals surface area contributed by atoms with Gasteiger partial charge in [0.15, 0.2) is 0 Å². The van der Waals surface area contributed by atoms with E-state index in [-0.39, 0.29) is 0 Å². The van der Waals surface area contributed by atoms with Gasteiger partial charge in [0.2, 0.25) is 0 Å². The van der Waals surface area contributed by atoms with Crippen molar-refractivity contribution in [3.8, 4) is 0 Å². The van der Waals surface area contributed by atoms with Crippen LogP contribution >= 0.6 is 27.5 Å². The van der Waals surface area contributed by atoms with E-state index in [4.69, 9.17) is 11.6 Å². The van der Waals surface area contributed by atoms with Crippen LogP contribution in [0, 0.1) is 6.92 Å². The first-order valence-electron chi connectivity index (χ1n) is 6.21. The van der Waals surface area contributed by atoms with Crippen molar-refractivity contribution in [1.29, 1.82) is 0 Å². The summed E-state index contributed by atoms with van der Waals surface area (Å²) >= 11 is 9.78. The van der Waals surface area contributed by atoms with Crippen LogP contribution in [-0.2, 0) is 11.9 Å². The molecule has 0 radical (unpaired) electrons. The molecule has 0 amide bonds. The number of halogens is 2. The summed E-state index contributed by atoms with van der Waals surface area (Å²) in [6.07, 6.45) is 0. The van der Waals surface area contributed by atoms with Crippen molar-refractivity contribution < 1.29 is 0 Å². The number of rotatable bonds is 4. The number of hydrogen-bond donors (Lipinski definition) is 0. The minimum atomic E-state index is 0.798. The maximum absolute atomic E-state index is 6.34. The zero-order valence-electron chi connectivity index (χ0n) is 11.2. The molecule has 0 bridgehead atoms. The molecule has 0 N–H and O–H groups in total. The molecule has 1 nitrogen and oxygen atoms in total. The van der Waals surface area contributed by atoms with Crippen molar-refractivity contribution in [2.75, 3.05) is 11.9 Å². The van der Waals surface area contributed by atoms with Gasteiger partial charge in [-0.05, 0) is 30.2 Å². The molecule has 0 aliphatic heterocycles. The maximum atomic E-state index is 6.34. The van der Waals surface area contributed by atoms with Gasteiger partial charge in [-0.3, -0.25) is 0 Å². The second-order valence-corrected chi connectivity index (χ2v) is 5.73. The van der Waals surface area contributed by atoms with E-state index in [9.17, 15) is 0 Å². The van der Waals surface area contributed by atoms with Gasteiger partial charge in [0.05, 0.1) is 10.7 Å². The normalized spacial score (nSPS) is 10.5. The molecule has 0 atom stereocenters. The molecule has 0 aromatic heterocycles. The smallest absolute Gasteiger partial charge is 0.0642 e. The van der Waals surface area contributed by atoms with E-state index in [0.29, 0.717) is 0 Å². The van der Waals surface area contributed by atoms with Crippen molar-refractivity contribution in [3.05, 3.63) is 64.2 Å². The molecule has 0 saturated carbocycles. The van der Waals surface area contributed by atoms with Gasteiger partial charge in [0, 0.05) is 18.9 Å². The van der Waals surface area contributed by atoms with E-state index in [1.165, 1.54) is 16.7 Å². The molecule has 3 heteroatoms. The lowest BCUT2D eigenvalue weighted by atomic mass is 10.1. The van der Waals surface area contributed by atoms with Gasteiger partial charge in [-0.2, -0.15) is 0 Å². The van der Waals surface area contributed by atoms with Gasteiger partial charge in [-0.25, -0.2) is 0 Å². The van der Waals surface area contributed by atoms with Crippen LogP contribution in [0.5, 0.6) is 0 Å². The first-order valence-corrected chi connectivity index (χ1v) is 7.71. The van der Waals surface area contributed by atoms with E-state index in [1.54, 1.807) is 0 Å². The van der Waals surface area contributed by atoms with Crippen LogP contribution < -0.4 is 4.90 Å². The molecular formula is C16H17BrClN. The number of hydrogen-bond acceptors (Lipinski definition) is 1. The summed E-state index contributed by atoms with van der Waals surface area (Å²) in [6, 6.07) is 14.7. The maximum Gasteiger partial charge on any atom is 0.0642 e. The third-order valence-corrected chi connectivity index (χ3v) is 4.03. The molecule has 0 spiro atoms. The SMILES string of the molecule is Cc1cccc(CN(C)c2ccc(CBr)cc2Cl)c1.